The van der Waals surface area contributed by atoms with Crippen LogP contribution in [0.5, 0.6) is 0 Å². The first kappa shape index (κ1) is 31.1. The van der Waals surface area contributed by atoms with Gasteiger partial charge >= 0.3 is 11.9 Å². The van der Waals surface area contributed by atoms with Crippen LogP contribution >= 0.6 is 23.2 Å². The lowest BCUT2D eigenvalue weighted by atomic mass is 10.2. The fourth-order valence-electron chi connectivity index (χ4n) is 4.85. The fourth-order valence-corrected chi connectivity index (χ4v) is 5.58. The van der Waals surface area contributed by atoms with Crippen molar-refractivity contribution >= 4 is 46.5 Å². The zero-order chi connectivity index (χ0) is 28.4. The Kier molecular flexibility index (Phi) is 11.8. The number of hydrogen-bond acceptors (Lipinski definition) is 6. The van der Waals surface area contributed by atoms with Crippen LogP contribution in [-0.4, -0.2) is 55.7 Å². The third-order valence-corrected chi connectivity index (χ3v) is 8.18. The third-order valence-electron chi connectivity index (χ3n) is 7.06. The van der Waals surface area contributed by atoms with Gasteiger partial charge in [-0.15, -0.1) is 23.2 Å². The largest absolute Gasteiger partial charge is 0.462 e. The second kappa shape index (κ2) is 14.8. The smallest absolute Gasteiger partial charge is 0.338 e. The van der Waals surface area contributed by atoms with Crippen molar-refractivity contribution in [1.29, 1.82) is 0 Å². The van der Waals surface area contributed by atoms with E-state index < -0.39 is 16.3 Å². The molecular weight excluding hydrogens is 535 g/mol. The summed E-state index contributed by atoms with van der Waals surface area (Å²) in [4.78, 5) is 29.9. The number of esters is 2. The van der Waals surface area contributed by atoms with Crippen molar-refractivity contribution < 1.29 is 19.1 Å². The summed E-state index contributed by atoms with van der Waals surface area (Å²) >= 11 is 12.9. The Morgan fingerprint density at radius 1 is 0.641 bits per heavy atom. The number of carbonyl (C=O) groups excluding carboxylic acids is 2. The quantitative estimate of drug-likeness (QED) is 0.153. The normalized spacial score (nSPS) is 17.4. The number of carbonyl (C=O) groups is 2. The van der Waals surface area contributed by atoms with Gasteiger partial charge in [-0.3, -0.25) is 0 Å². The van der Waals surface area contributed by atoms with Crippen molar-refractivity contribution in [3.63, 3.8) is 0 Å². The van der Waals surface area contributed by atoms with Crippen LogP contribution in [-0.2, 0) is 9.47 Å². The topological polar surface area (TPSA) is 59.1 Å². The predicted molar refractivity (Wildman–Crippen MR) is 160 cm³/mol. The maximum Gasteiger partial charge on any atom is 0.338 e. The van der Waals surface area contributed by atoms with Crippen molar-refractivity contribution in [2.75, 3.05) is 49.2 Å². The predicted octanol–water partition coefficient (Wildman–Crippen LogP) is 7.37. The van der Waals surface area contributed by atoms with E-state index in [9.17, 15) is 9.59 Å². The lowest BCUT2D eigenvalue weighted by Crippen LogP contribution is -2.24. The number of halogens is 2. The highest BCUT2D eigenvalue weighted by atomic mass is 35.5. The van der Waals surface area contributed by atoms with E-state index in [1.54, 1.807) is 24.3 Å². The minimum absolute atomic E-state index is 0.0625. The summed E-state index contributed by atoms with van der Waals surface area (Å²) in [5.74, 6) is -1.46. The van der Waals surface area contributed by atoms with E-state index in [0.717, 1.165) is 63.2 Å². The Hall–Kier alpha value is -2.44. The molecule has 1 aliphatic rings. The van der Waals surface area contributed by atoms with Crippen molar-refractivity contribution in [3.8, 4) is 0 Å². The molecule has 6 nitrogen and oxygen atoms in total. The van der Waals surface area contributed by atoms with Crippen molar-refractivity contribution in [2.24, 2.45) is 11.8 Å². The summed E-state index contributed by atoms with van der Waals surface area (Å²) in [6.07, 6.45) is 4.24. The molecule has 2 atom stereocenters. The molecule has 2 aromatic rings. The van der Waals surface area contributed by atoms with Crippen LogP contribution in [0.1, 0.15) is 74.1 Å². The molecule has 2 aromatic carbocycles. The number of benzene rings is 2. The van der Waals surface area contributed by atoms with Gasteiger partial charge in [0, 0.05) is 49.4 Å². The maximum atomic E-state index is 12.6. The summed E-state index contributed by atoms with van der Waals surface area (Å²) < 4.78 is 9.93. The average molecular weight is 578 g/mol. The van der Waals surface area contributed by atoms with Crippen LogP contribution < -0.4 is 9.80 Å². The van der Waals surface area contributed by atoms with Gasteiger partial charge in [0.15, 0.2) is 0 Å². The monoisotopic (exact) mass is 576 g/mol. The van der Waals surface area contributed by atoms with Gasteiger partial charge in [0.25, 0.3) is 0 Å². The van der Waals surface area contributed by atoms with Crippen molar-refractivity contribution in [1.82, 2.24) is 0 Å². The van der Waals surface area contributed by atoms with Gasteiger partial charge in [0.1, 0.15) is 4.33 Å². The minimum atomic E-state index is -1.10. The molecule has 1 aliphatic carbocycles. The molecule has 39 heavy (non-hydrogen) atoms. The Bertz CT molecular complexity index is 964. The maximum absolute atomic E-state index is 12.6. The molecule has 0 saturated heterocycles. The van der Waals surface area contributed by atoms with E-state index in [4.69, 9.17) is 32.7 Å². The molecule has 0 aliphatic heterocycles. The highest BCUT2D eigenvalue weighted by Crippen LogP contribution is 2.59. The lowest BCUT2D eigenvalue weighted by Gasteiger charge is -2.23. The number of alkyl halides is 2. The van der Waals surface area contributed by atoms with E-state index in [0.29, 0.717) is 11.1 Å². The summed E-state index contributed by atoms with van der Waals surface area (Å²) in [7, 11) is 0. The SMILES string of the molecule is CCCN(CCC)c1ccc(C(=O)OC[C@@H]2[C@H](COC(=O)c3ccc(N(CCC)CCC)cc3)C2(Cl)Cl)cc1. The van der Waals surface area contributed by atoms with Crippen LogP contribution in [0.3, 0.4) is 0 Å². The Labute approximate surface area is 243 Å². The van der Waals surface area contributed by atoms with Gasteiger partial charge in [-0.05, 0) is 74.2 Å². The Morgan fingerprint density at radius 2 is 0.949 bits per heavy atom. The molecule has 1 saturated carbocycles. The molecule has 0 bridgehead atoms. The van der Waals surface area contributed by atoms with E-state index in [1.165, 1.54) is 0 Å². The second-order valence-corrected chi connectivity index (χ2v) is 11.6. The first-order chi connectivity index (χ1) is 18.8. The molecule has 0 heterocycles. The van der Waals surface area contributed by atoms with Gasteiger partial charge in [-0.25, -0.2) is 9.59 Å². The molecule has 3 rings (SSSR count). The second-order valence-electron chi connectivity index (χ2n) is 10.2. The van der Waals surface area contributed by atoms with Gasteiger partial charge < -0.3 is 19.3 Å². The Morgan fingerprint density at radius 3 is 1.23 bits per heavy atom. The first-order valence-electron chi connectivity index (χ1n) is 14.2. The van der Waals surface area contributed by atoms with Crippen molar-refractivity contribution in [3.05, 3.63) is 59.7 Å². The molecule has 0 radical (unpaired) electrons. The fraction of sp³-hybridized carbons (Fsp3) is 0.548. The average Bonchev–Trinajstić information content (AvgIpc) is 3.48. The van der Waals surface area contributed by atoms with Gasteiger partial charge in [0.05, 0.1) is 24.3 Å². The van der Waals surface area contributed by atoms with Crippen LogP contribution in [0.2, 0.25) is 0 Å². The molecule has 0 N–H and O–H groups in total. The molecule has 0 unspecified atom stereocenters. The zero-order valence-electron chi connectivity index (χ0n) is 23.6. The summed E-state index contributed by atoms with van der Waals surface area (Å²) in [6.45, 7) is 12.6. The molecule has 1 fully saturated rings. The van der Waals surface area contributed by atoms with Crippen LogP contribution in [0.4, 0.5) is 11.4 Å². The van der Waals surface area contributed by atoms with Crippen molar-refractivity contribution in [2.45, 2.75) is 57.7 Å². The van der Waals surface area contributed by atoms with Crippen LogP contribution in [0, 0.1) is 11.8 Å². The third kappa shape index (κ3) is 8.28. The van der Waals surface area contributed by atoms with Gasteiger partial charge in [0.2, 0.25) is 0 Å². The summed E-state index contributed by atoms with van der Waals surface area (Å²) in [6, 6.07) is 14.9. The molecule has 8 heteroatoms. The van der Waals surface area contributed by atoms with E-state index in [-0.39, 0.29) is 25.0 Å². The van der Waals surface area contributed by atoms with E-state index >= 15 is 0 Å². The van der Waals surface area contributed by atoms with Crippen LogP contribution in [0.15, 0.2) is 48.5 Å². The van der Waals surface area contributed by atoms with E-state index in [1.807, 2.05) is 24.3 Å². The molecule has 0 aromatic heterocycles. The number of anilines is 2. The molecule has 214 valence electrons. The zero-order valence-corrected chi connectivity index (χ0v) is 25.1. The first-order valence-corrected chi connectivity index (χ1v) is 14.9. The summed E-state index contributed by atoms with van der Waals surface area (Å²) in [5.41, 5.74) is 3.14. The standard InChI is InChI=1S/C31H42Cl2N2O4/c1-5-17-34(18-6-2)25-13-9-23(10-14-25)29(36)38-21-27-28(31(27,32)33)22-39-30(37)24-11-15-26(16-12-24)35(19-7-3)20-8-4/h9-16,27-28H,5-8,17-22H2,1-4H3/t27-,28+. The van der Waals surface area contributed by atoms with Gasteiger partial charge in [-0.2, -0.15) is 0 Å². The number of hydrogen-bond donors (Lipinski definition) is 0. The number of nitrogens with zero attached hydrogens (tertiary/aromatic N) is 2. The highest BCUT2D eigenvalue weighted by Gasteiger charge is 2.64. The molecular formula is C31H42Cl2N2O4. The van der Waals surface area contributed by atoms with Gasteiger partial charge in [-0.1, -0.05) is 27.7 Å². The minimum Gasteiger partial charge on any atom is -0.462 e. The Balaban J connectivity index is 1.48. The highest BCUT2D eigenvalue weighted by molar-refractivity contribution is 6.51. The summed E-state index contributed by atoms with van der Waals surface area (Å²) in [5, 5.41) is 0. The van der Waals surface area contributed by atoms with E-state index in [2.05, 4.69) is 37.5 Å². The lowest BCUT2D eigenvalue weighted by molar-refractivity contribution is 0.0419. The van der Waals surface area contributed by atoms with Crippen LogP contribution in [0.25, 0.3) is 0 Å². The molecule has 0 spiro atoms. The number of ether oxygens (including phenoxy) is 2. The molecule has 0 amide bonds. The number of rotatable bonds is 16.